The maximum atomic E-state index is 13.6. The van der Waals surface area contributed by atoms with E-state index in [9.17, 15) is 14.4 Å². The van der Waals surface area contributed by atoms with Crippen molar-refractivity contribution in [3.63, 3.8) is 0 Å². The normalized spacial score (nSPS) is 11.4. The van der Waals surface area contributed by atoms with E-state index >= 15 is 0 Å². The first-order chi connectivity index (χ1) is 16.4. The summed E-state index contributed by atoms with van der Waals surface area (Å²) in [6.07, 6.45) is 1.60. The Labute approximate surface area is 193 Å². The van der Waals surface area contributed by atoms with E-state index in [-0.39, 0.29) is 23.7 Å². The molecule has 172 valence electrons. The number of aryl methyl sites for hydroxylation is 1. The van der Waals surface area contributed by atoms with Crippen molar-refractivity contribution in [3.05, 3.63) is 98.5 Å². The molecule has 0 saturated heterocycles. The number of anilines is 2. The molecule has 2 aromatic heterocycles. The summed E-state index contributed by atoms with van der Waals surface area (Å²) in [5.74, 6) is -0.359. The molecular weight excluding hydrogens is 436 g/mol. The Morgan fingerprint density at radius 3 is 2.35 bits per heavy atom. The van der Waals surface area contributed by atoms with E-state index in [0.717, 1.165) is 16.0 Å². The van der Waals surface area contributed by atoms with Crippen LogP contribution in [0.5, 0.6) is 0 Å². The molecule has 0 saturated carbocycles. The van der Waals surface area contributed by atoms with Crippen molar-refractivity contribution >= 4 is 29.2 Å². The topological polar surface area (TPSA) is 145 Å². The van der Waals surface area contributed by atoms with Crippen molar-refractivity contribution in [3.8, 4) is 0 Å². The van der Waals surface area contributed by atoms with Crippen LogP contribution in [0.4, 0.5) is 11.5 Å². The summed E-state index contributed by atoms with van der Waals surface area (Å²) in [7, 11) is 1.40. The molecule has 34 heavy (non-hydrogen) atoms. The summed E-state index contributed by atoms with van der Waals surface area (Å²) in [5.41, 5.74) is 6.26. The lowest BCUT2D eigenvalue weighted by Crippen LogP contribution is -2.40. The van der Waals surface area contributed by atoms with Gasteiger partial charge in [0.2, 0.25) is 0 Å². The van der Waals surface area contributed by atoms with Gasteiger partial charge in [-0.1, -0.05) is 60.7 Å². The fraction of sp³-hybridized carbons (Fsp3) is 0.130. The Bertz CT molecular complexity index is 1470. The lowest BCUT2D eigenvalue weighted by atomic mass is 10.2. The van der Waals surface area contributed by atoms with Crippen LogP contribution in [0.25, 0.3) is 11.8 Å². The number of aromatic nitrogens is 6. The van der Waals surface area contributed by atoms with Crippen LogP contribution in [0.2, 0.25) is 0 Å². The number of H-pyrrole nitrogens is 1. The molecule has 0 spiro atoms. The minimum atomic E-state index is -0.782. The number of nitrogens with one attached hydrogen (secondary N) is 1. The summed E-state index contributed by atoms with van der Waals surface area (Å²) in [6.45, 7) is 1.77. The first-order valence-corrected chi connectivity index (χ1v) is 10.3. The number of rotatable bonds is 6. The highest BCUT2D eigenvalue weighted by Gasteiger charge is 2.26. The summed E-state index contributed by atoms with van der Waals surface area (Å²) in [4.78, 5) is 42.2. The van der Waals surface area contributed by atoms with Crippen LogP contribution >= 0.6 is 0 Å². The summed E-state index contributed by atoms with van der Waals surface area (Å²) in [6, 6.07) is 18.3. The molecule has 4 rings (SSSR count). The molecule has 0 unspecified atom stereocenters. The number of nitrogen functional groups attached to an aromatic ring is 1. The molecule has 0 aliphatic rings. The number of hydrogen-bond donors (Lipinski definition) is 2. The van der Waals surface area contributed by atoms with Gasteiger partial charge < -0.3 is 10.6 Å². The van der Waals surface area contributed by atoms with Gasteiger partial charge >= 0.3 is 5.69 Å². The number of carbonyl (C=O) groups is 1. The summed E-state index contributed by atoms with van der Waals surface area (Å²) in [5, 5.41) is 11.4. The Morgan fingerprint density at radius 1 is 1.09 bits per heavy atom. The quantitative estimate of drug-likeness (QED) is 0.412. The minimum Gasteiger partial charge on any atom is -0.383 e. The number of hydrogen-bond acceptors (Lipinski definition) is 7. The van der Waals surface area contributed by atoms with Crippen LogP contribution in [-0.4, -0.2) is 42.7 Å². The monoisotopic (exact) mass is 458 g/mol. The van der Waals surface area contributed by atoms with Gasteiger partial charge in [0.1, 0.15) is 11.5 Å². The average Bonchev–Trinajstić information content (AvgIpc) is 3.26. The number of amides is 1. The van der Waals surface area contributed by atoms with Gasteiger partial charge in [-0.15, -0.1) is 5.10 Å². The largest absolute Gasteiger partial charge is 0.383 e. The number of nitrogens with zero attached hydrogens (tertiary/aromatic N) is 6. The minimum absolute atomic E-state index is 0.0933. The molecule has 0 radical (unpaired) electrons. The van der Waals surface area contributed by atoms with Gasteiger partial charge in [0, 0.05) is 7.05 Å². The van der Waals surface area contributed by atoms with Gasteiger partial charge in [-0.05, 0) is 34.6 Å². The fourth-order valence-corrected chi connectivity index (χ4v) is 3.47. The van der Waals surface area contributed by atoms with Crippen LogP contribution in [0.3, 0.4) is 0 Å². The van der Waals surface area contributed by atoms with E-state index < -0.39 is 17.2 Å². The molecule has 11 nitrogen and oxygen atoms in total. The summed E-state index contributed by atoms with van der Waals surface area (Å²) >= 11 is 0. The SMILES string of the molecule is Cc1nnnn1/C(=C\c1ccccc1)C(=O)N(C)c1c(N)n(Cc2ccccc2)c(=O)[nH]c1=O. The highest BCUT2D eigenvalue weighted by molar-refractivity contribution is 6.25. The zero-order valence-electron chi connectivity index (χ0n) is 18.5. The standard InChI is InChI=1S/C23H22N8O3/c1-15-26-27-28-31(15)18(13-16-9-5-3-6-10-16)22(33)29(2)19-20(24)30(23(34)25-21(19)32)14-17-11-7-4-8-12-17/h3-13H,14,24H2,1-2H3,(H,25,32,34)/b18-13-. The van der Waals surface area contributed by atoms with Crippen molar-refractivity contribution in [1.29, 1.82) is 0 Å². The van der Waals surface area contributed by atoms with Gasteiger partial charge in [-0.25, -0.2) is 4.79 Å². The second-order valence-electron chi connectivity index (χ2n) is 7.51. The molecule has 4 aromatic rings. The van der Waals surface area contributed by atoms with Gasteiger partial charge in [0.25, 0.3) is 11.5 Å². The number of aromatic amines is 1. The van der Waals surface area contributed by atoms with Gasteiger partial charge in [0.05, 0.1) is 6.54 Å². The Morgan fingerprint density at radius 2 is 1.74 bits per heavy atom. The number of benzene rings is 2. The van der Waals surface area contributed by atoms with Crippen molar-refractivity contribution < 1.29 is 4.79 Å². The third-order valence-electron chi connectivity index (χ3n) is 5.21. The molecule has 0 aliphatic heterocycles. The Balaban J connectivity index is 1.80. The first kappa shape index (κ1) is 22.4. The number of carbonyl (C=O) groups excluding carboxylic acids is 1. The smallest absolute Gasteiger partial charge is 0.330 e. The van der Waals surface area contributed by atoms with E-state index in [0.29, 0.717) is 5.82 Å². The zero-order valence-corrected chi connectivity index (χ0v) is 18.5. The molecule has 0 fully saturated rings. The first-order valence-electron chi connectivity index (χ1n) is 10.3. The highest BCUT2D eigenvalue weighted by atomic mass is 16.2. The molecular formula is C23H22N8O3. The van der Waals surface area contributed by atoms with Crippen LogP contribution < -0.4 is 21.9 Å². The maximum Gasteiger partial charge on any atom is 0.330 e. The highest BCUT2D eigenvalue weighted by Crippen LogP contribution is 2.21. The van der Waals surface area contributed by atoms with Gasteiger partial charge in [0.15, 0.2) is 11.5 Å². The lowest BCUT2D eigenvalue weighted by molar-refractivity contribution is -0.113. The van der Waals surface area contributed by atoms with Gasteiger partial charge in [-0.3, -0.25) is 19.1 Å². The maximum absolute atomic E-state index is 13.6. The van der Waals surface area contributed by atoms with Gasteiger partial charge in [-0.2, -0.15) is 4.68 Å². The lowest BCUT2D eigenvalue weighted by Gasteiger charge is -2.21. The second kappa shape index (κ2) is 9.36. The predicted molar refractivity (Wildman–Crippen MR) is 128 cm³/mol. The molecule has 0 aliphatic carbocycles. The zero-order chi connectivity index (χ0) is 24.2. The van der Waals surface area contributed by atoms with E-state index in [1.807, 2.05) is 60.7 Å². The van der Waals surface area contributed by atoms with Crippen molar-refractivity contribution in [2.75, 3.05) is 17.7 Å². The average molecular weight is 458 g/mol. The number of likely N-dealkylation sites (N-methyl/N-ethyl adjacent to an activating group) is 1. The van der Waals surface area contributed by atoms with E-state index in [1.165, 1.54) is 16.3 Å². The predicted octanol–water partition coefficient (Wildman–Crippen LogP) is 1.12. The molecule has 0 atom stereocenters. The molecule has 0 bridgehead atoms. The molecule has 3 N–H and O–H groups in total. The van der Waals surface area contributed by atoms with Crippen LogP contribution in [0.1, 0.15) is 17.0 Å². The van der Waals surface area contributed by atoms with Crippen molar-refractivity contribution in [2.24, 2.45) is 0 Å². The third-order valence-corrected chi connectivity index (χ3v) is 5.21. The molecule has 2 heterocycles. The van der Waals surface area contributed by atoms with Crippen LogP contribution in [-0.2, 0) is 11.3 Å². The third kappa shape index (κ3) is 4.39. The van der Waals surface area contributed by atoms with Crippen LogP contribution in [0.15, 0.2) is 70.3 Å². The summed E-state index contributed by atoms with van der Waals surface area (Å²) < 4.78 is 2.48. The van der Waals surface area contributed by atoms with Crippen molar-refractivity contribution in [1.82, 2.24) is 29.8 Å². The van der Waals surface area contributed by atoms with E-state index in [2.05, 4.69) is 20.5 Å². The second-order valence-corrected chi connectivity index (χ2v) is 7.51. The molecule has 1 amide bonds. The fourth-order valence-electron chi connectivity index (χ4n) is 3.47. The number of tetrazole rings is 1. The van der Waals surface area contributed by atoms with E-state index in [4.69, 9.17) is 5.73 Å². The van der Waals surface area contributed by atoms with E-state index in [1.54, 1.807) is 13.0 Å². The molecule has 11 heteroatoms. The Hall–Kier alpha value is -4.80. The Kier molecular flexibility index (Phi) is 6.17. The van der Waals surface area contributed by atoms with Crippen LogP contribution in [0, 0.1) is 6.92 Å². The van der Waals surface area contributed by atoms with Crippen molar-refractivity contribution in [2.45, 2.75) is 13.5 Å². The molecule has 2 aromatic carbocycles. The number of nitrogens with two attached hydrogens (primary N) is 1.